The number of hydrogen-bond acceptors (Lipinski definition) is 5. The van der Waals surface area contributed by atoms with E-state index in [1.165, 1.54) is 6.92 Å². The number of fused-ring (bicyclic) bond motifs is 1. The van der Waals surface area contributed by atoms with E-state index in [4.69, 9.17) is 0 Å². The highest BCUT2D eigenvalue weighted by Crippen LogP contribution is 2.55. The SMILES string of the molecule is Cc1cc(=O)oc2cc(OS(=O)(=O)C(F)(F)C(F)(F)C(F)(F)C(F)(F)F)ccc12. The molecule has 15 heteroatoms. The second-order valence-electron chi connectivity index (χ2n) is 5.61. The molecule has 1 aromatic carbocycles. The molecule has 0 aliphatic heterocycles. The highest BCUT2D eigenvalue weighted by molar-refractivity contribution is 7.88. The van der Waals surface area contributed by atoms with E-state index in [1.807, 2.05) is 0 Å². The van der Waals surface area contributed by atoms with Crippen LogP contribution in [0.1, 0.15) is 5.56 Å². The summed E-state index contributed by atoms with van der Waals surface area (Å²) in [5.74, 6) is -16.0. The average molecular weight is 458 g/mol. The molecule has 0 saturated heterocycles. The van der Waals surface area contributed by atoms with Crippen molar-refractivity contribution in [2.24, 2.45) is 0 Å². The van der Waals surface area contributed by atoms with Gasteiger partial charge in [0, 0.05) is 17.5 Å². The molecule has 5 nitrogen and oxygen atoms in total. The molecule has 0 unspecified atom stereocenters. The maximum absolute atomic E-state index is 13.6. The molecular formula is C14H7F9O5S. The van der Waals surface area contributed by atoms with Gasteiger partial charge in [-0.25, -0.2) is 4.79 Å². The lowest BCUT2D eigenvalue weighted by atomic mass is 10.1. The van der Waals surface area contributed by atoms with E-state index < -0.39 is 50.4 Å². The summed E-state index contributed by atoms with van der Waals surface area (Å²) in [5, 5.41) is -6.86. The van der Waals surface area contributed by atoms with Crippen molar-refractivity contribution in [3.63, 3.8) is 0 Å². The highest BCUT2D eigenvalue weighted by Gasteiger charge is 2.86. The van der Waals surface area contributed by atoms with Gasteiger partial charge in [0.15, 0.2) is 0 Å². The second-order valence-corrected chi connectivity index (χ2v) is 7.19. The molecule has 0 saturated carbocycles. The van der Waals surface area contributed by atoms with Gasteiger partial charge in [0.05, 0.1) is 0 Å². The van der Waals surface area contributed by atoms with E-state index >= 15 is 0 Å². The van der Waals surface area contributed by atoms with Crippen LogP contribution in [0, 0.1) is 6.92 Å². The summed E-state index contributed by atoms with van der Waals surface area (Å²) in [6, 6.07) is 3.01. The van der Waals surface area contributed by atoms with Crippen LogP contribution in [-0.4, -0.2) is 31.7 Å². The van der Waals surface area contributed by atoms with Gasteiger partial charge in [-0.05, 0) is 24.6 Å². The molecule has 0 atom stereocenters. The molecule has 0 amide bonds. The average Bonchev–Trinajstić information content (AvgIpc) is 2.52. The smallest absolute Gasteiger partial charge is 0.423 e. The topological polar surface area (TPSA) is 73.6 Å². The molecule has 162 valence electrons. The zero-order valence-electron chi connectivity index (χ0n) is 13.7. The molecule has 1 aromatic heterocycles. The number of benzene rings is 1. The molecule has 0 radical (unpaired) electrons. The zero-order valence-corrected chi connectivity index (χ0v) is 14.5. The van der Waals surface area contributed by atoms with Crippen LogP contribution in [0.3, 0.4) is 0 Å². The quantitative estimate of drug-likeness (QED) is 0.381. The van der Waals surface area contributed by atoms with Crippen molar-refractivity contribution >= 4 is 21.1 Å². The van der Waals surface area contributed by atoms with Gasteiger partial charge in [0.1, 0.15) is 11.3 Å². The van der Waals surface area contributed by atoms with Crippen LogP contribution >= 0.6 is 0 Å². The number of rotatable bonds is 5. The first kappa shape index (κ1) is 22.8. The van der Waals surface area contributed by atoms with Gasteiger partial charge in [-0.3, -0.25) is 0 Å². The van der Waals surface area contributed by atoms with Crippen molar-refractivity contribution in [3.05, 3.63) is 40.2 Å². The van der Waals surface area contributed by atoms with Crippen LogP contribution < -0.4 is 9.81 Å². The lowest BCUT2D eigenvalue weighted by Crippen LogP contribution is -2.63. The Bertz CT molecular complexity index is 1100. The van der Waals surface area contributed by atoms with Crippen molar-refractivity contribution < 1.29 is 56.5 Å². The summed E-state index contributed by atoms with van der Waals surface area (Å²) in [6.45, 7) is 1.39. The first-order chi connectivity index (χ1) is 12.8. The molecule has 2 rings (SSSR count). The summed E-state index contributed by atoms with van der Waals surface area (Å²) in [6.07, 6.45) is -7.20. The fourth-order valence-corrected chi connectivity index (χ4v) is 2.96. The molecule has 0 fully saturated rings. The minimum atomic E-state index is -7.42. The maximum Gasteiger partial charge on any atom is 0.460 e. The van der Waals surface area contributed by atoms with Crippen LogP contribution in [0.15, 0.2) is 33.5 Å². The molecule has 0 aliphatic rings. The minimum absolute atomic E-state index is 0.134. The van der Waals surface area contributed by atoms with Crippen LogP contribution in [0.5, 0.6) is 5.75 Å². The van der Waals surface area contributed by atoms with E-state index in [0.717, 1.165) is 12.1 Å². The molecule has 0 aliphatic carbocycles. The third kappa shape index (κ3) is 3.51. The molecule has 2 aromatic rings. The fourth-order valence-electron chi connectivity index (χ4n) is 2.05. The largest absolute Gasteiger partial charge is 0.460 e. The molecule has 0 bridgehead atoms. The Balaban J connectivity index is 2.52. The Morgan fingerprint density at radius 3 is 1.97 bits per heavy atom. The maximum atomic E-state index is 13.6. The van der Waals surface area contributed by atoms with Gasteiger partial charge >= 0.3 is 39.0 Å². The van der Waals surface area contributed by atoms with Gasteiger partial charge in [0.2, 0.25) is 0 Å². The first-order valence-corrected chi connectivity index (χ1v) is 8.45. The lowest BCUT2D eigenvalue weighted by Gasteiger charge is -2.32. The number of aryl methyl sites for hydroxylation is 1. The summed E-state index contributed by atoms with van der Waals surface area (Å²) >= 11 is 0. The first-order valence-electron chi connectivity index (χ1n) is 7.04. The van der Waals surface area contributed by atoms with Gasteiger partial charge in [-0.15, -0.1) is 0 Å². The van der Waals surface area contributed by atoms with Gasteiger partial charge in [0.25, 0.3) is 0 Å². The van der Waals surface area contributed by atoms with E-state index in [0.29, 0.717) is 12.1 Å². The van der Waals surface area contributed by atoms with Crippen molar-refractivity contribution in [1.29, 1.82) is 0 Å². The predicted octanol–water partition coefficient (Wildman–Crippen LogP) is 4.24. The predicted molar refractivity (Wildman–Crippen MR) is 77.7 cm³/mol. The Morgan fingerprint density at radius 2 is 1.45 bits per heavy atom. The van der Waals surface area contributed by atoms with Crippen LogP contribution in [0.4, 0.5) is 39.5 Å². The van der Waals surface area contributed by atoms with Crippen LogP contribution in [0.25, 0.3) is 11.0 Å². The normalized spacial score (nSPS) is 14.3. The zero-order chi connectivity index (χ0) is 22.6. The lowest BCUT2D eigenvalue weighted by molar-refractivity contribution is -0.382. The summed E-state index contributed by atoms with van der Waals surface area (Å²) in [5.41, 5.74) is -1.16. The fraction of sp³-hybridized carbons (Fsp3) is 0.357. The third-order valence-electron chi connectivity index (χ3n) is 3.56. The van der Waals surface area contributed by atoms with Crippen LogP contribution in [-0.2, 0) is 10.1 Å². The standard InChI is InChI=1S/C14H7F9O5S/c1-6-4-10(24)27-9-5-7(2-3-8(6)9)28-29(25,26)14(22,23)12(17,18)11(15,16)13(19,20)21/h2-5H,1H3. The Labute approximate surface area is 154 Å². The summed E-state index contributed by atoms with van der Waals surface area (Å²) in [7, 11) is -7.09. The summed E-state index contributed by atoms with van der Waals surface area (Å²) < 4.78 is 147. The minimum Gasteiger partial charge on any atom is -0.423 e. The number of hydrogen-bond donors (Lipinski definition) is 0. The molecule has 0 N–H and O–H groups in total. The summed E-state index contributed by atoms with van der Waals surface area (Å²) in [4.78, 5) is 11.3. The Hall–Kier alpha value is -2.45. The Morgan fingerprint density at radius 1 is 0.897 bits per heavy atom. The van der Waals surface area contributed by atoms with Crippen LogP contribution in [0.2, 0.25) is 0 Å². The molecule has 1 heterocycles. The van der Waals surface area contributed by atoms with E-state index in [9.17, 15) is 52.7 Å². The van der Waals surface area contributed by atoms with Gasteiger partial charge in [-0.1, -0.05) is 0 Å². The number of halogens is 9. The molecule has 0 spiro atoms. The van der Waals surface area contributed by atoms with E-state index in [2.05, 4.69) is 8.60 Å². The Kier molecular flexibility index (Phi) is 5.14. The van der Waals surface area contributed by atoms with Gasteiger partial charge < -0.3 is 8.60 Å². The third-order valence-corrected chi connectivity index (χ3v) is 4.85. The van der Waals surface area contributed by atoms with Crippen molar-refractivity contribution in [1.82, 2.24) is 0 Å². The van der Waals surface area contributed by atoms with Crippen molar-refractivity contribution in [2.75, 3.05) is 0 Å². The molecular weight excluding hydrogens is 451 g/mol. The van der Waals surface area contributed by atoms with E-state index in [1.54, 1.807) is 0 Å². The van der Waals surface area contributed by atoms with E-state index in [-0.39, 0.29) is 10.9 Å². The van der Waals surface area contributed by atoms with Gasteiger partial charge in [-0.2, -0.15) is 47.9 Å². The van der Waals surface area contributed by atoms with Crippen molar-refractivity contribution in [2.45, 2.75) is 30.2 Å². The monoisotopic (exact) mass is 458 g/mol. The second kappa shape index (κ2) is 6.53. The van der Waals surface area contributed by atoms with Crippen molar-refractivity contribution in [3.8, 4) is 5.75 Å². The molecule has 29 heavy (non-hydrogen) atoms. The highest BCUT2D eigenvalue weighted by atomic mass is 32.2. The number of alkyl halides is 9.